The Kier molecular flexibility index (Phi) is 6.39. The number of carbonyl (C=O) groups excluding carboxylic acids is 1. The zero-order chi connectivity index (χ0) is 15.1. The Bertz CT molecular complexity index is 432. The topological polar surface area (TPSA) is 58.4 Å². The molecule has 2 rings (SSSR count). The van der Waals surface area contributed by atoms with Crippen LogP contribution < -0.4 is 11.1 Å². The van der Waals surface area contributed by atoms with E-state index in [4.69, 9.17) is 5.73 Å². The molecule has 1 atom stereocenters. The summed E-state index contributed by atoms with van der Waals surface area (Å²) in [6.45, 7) is 4.39. The van der Waals surface area contributed by atoms with Crippen LogP contribution in [0, 0.1) is 0 Å². The molecule has 0 aliphatic carbocycles. The first kappa shape index (κ1) is 16.2. The predicted molar refractivity (Wildman–Crippen MR) is 88.6 cm³/mol. The lowest BCUT2D eigenvalue weighted by Gasteiger charge is -2.36. The fourth-order valence-corrected chi connectivity index (χ4v) is 3.78. The maximum atomic E-state index is 10.9. The van der Waals surface area contributed by atoms with Crippen molar-refractivity contribution in [2.24, 2.45) is 5.73 Å². The lowest BCUT2D eigenvalue weighted by molar-refractivity contribution is 0.151. The second-order valence-electron chi connectivity index (χ2n) is 5.62. The normalized spacial score (nSPS) is 18.3. The molecule has 4 nitrogen and oxygen atoms in total. The van der Waals surface area contributed by atoms with Crippen LogP contribution in [-0.4, -0.2) is 41.9 Å². The zero-order valence-electron chi connectivity index (χ0n) is 12.6. The third kappa shape index (κ3) is 5.59. The summed E-state index contributed by atoms with van der Waals surface area (Å²) in [5.74, 6) is 1.14. The SMILES string of the molecule is C[C@@H](CCSc1ccccc1)N1CCC(NC(N)=O)CC1. The molecule has 0 bridgehead atoms. The highest BCUT2D eigenvalue weighted by Crippen LogP contribution is 2.21. The molecule has 0 saturated carbocycles. The van der Waals surface area contributed by atoms with Gasteiger partial charge in [-0.25, -0.2) is 4.79 Å². The molecule has 1 aromatic rings. The van der Waals surface area contributed by atoms with Gasteiger partial charge in [-0.15, -0.1) is 11.8 Å². The van der Waals surface area contributed by atoms with Crippen molar-refractivity contribution in [2.75, 3.05) is 18.8 Å². The van der Waals surface area contributed by atoms with E-state index in [1.54, 1.807) is 0 Å². The van der Waals surface area contributed by atoms with Gasteiger partial charge < -0.3 is 16.0 Å². The van der Waals surface area contributed by atoms with Gasteiger partial charge >= 0.3 is 6.03 Å². The standard InChI is InChI=1S/C16H25N3OS/c1-13(9-12-21-15-5-3-2-4-6-15)19-10-7-14(8-11-19)18-16(17)20/h2-6,13-14H,7-12H2,1H3,(H3,17,18,20)/t13-/m0/s1. The number of piperidine rings is 1. The Morgan fingerprint density at radius 1 is 1.38 bits per heavy atom. The minimum Gasteiger partial charge on any atom is -0.352 e. The van der Waals surface area contributed by atoms with Crippen molar-refractivity contribution in [3.05, 3.63) is 30.3 Å². The quantitative estimate of drug-likeness (QED) is 0.794. The molecule has 0 aromatic heterocycles. The molecule has 1 fully saturated rings. The van der Waals surface area contributed by atoms with Crippen LogP contribution in [0.25, 0.3) is 0 Å². The largest absolute Gasteiger partial charge is 0.352 e. The van der Waals surface area contributed by atoms with Crippen LogP contribution in [0.1, 0.15) is 26.2 Å². The third-order valence-electron chi connectivity index (χ3n) is 4.05. The number of nitrogens with two attached hydrogens (primary N) is 1. The summed E-state index contributed by atoms with van der Waals surface area (Å²) in [6, 6.07) is 11.0. The molecule has 1 aliphatic heterocycles. The van der Waals surface area contributed by atoms with Crippen LogP contribution in [-0.2, 0) is 0 Å². The fourth-order valence-electron chi connectivity index (χ4n) is 2.73. The third-order valence-corrected chi connectivity index (χ3v) is 5.09. The number of amides is 2. The van der Waals surface area contributed by atoms with Gasteiger partial charge in [0.2, 0.25) is 0 Å². The number of primary amides is 1. The molecule has 1 aromatic carbocycles. The zero-order valence-corrected chi connectivity index (χ0v) is 13.4. The van der Waals surface area contributed by atoms with Gasteiger partial charge in [-0.1, -0.05) is 18.2 Å². The number of rotatable bonds is 6. The van der Waals surface area contributed by atoms with Crippen LogP contribution in [0.5, 0.6) is 0 Å². The molecule has 1 aliphatic rings. The van der Waals surface area contributed by atoms with E-state index in [9.17, 15) is 4.79 Å². The van der Waals surface area contributed by atoms with Crippen molar-refractivity contribution in [3.63, 3.8) is 0 Å². The lowest BCUT2D eigenvalue weighted by atomic mass is 10.0. The van der Waals surface area contributed by atoms with Crippen LogP contribution in [0.2, 0.25) is 0 Å². The number of hydrogen-bond acceptors (Lipinski definition) is 3. The number of nitrogens with zero attached hydrogens (tertiary/aromatic N) is 1. The summed E-state index contributed by atoms with van der Waals surface area (Å²) in [4.78, 5) is 14.7. The lowest BCUT2D eigenvalue weighted by Crippen LogP contribution is -2.48. The van der Waals surface area contributed by atoms with Gasteiger partial charge in [0.05, 0.1) is 0 Å². The Morgan fingerprint density at radius 3 is 2.67 bits per heavy atom. The van der Waals surface area contributed by atoms with Crippen molar-refractivity contribution in [2.45, 2.75) is 43.2 Å². The first-order chi connectivity index (χ1) is 10.1. The van der Waals surface area contributed by atoms with Crippen molar-refractivity contribution in [3.8, 4) is 0 Å². The first-order valence-electron chi connectivity index (χ1n) is 7.63. The summed E-state index contributed by atoms with van der Waals surface area (Å²) in [6.07, 6.45) is 3.19. The van der Waals surface area contributed by atoms with Crippen LogP contribution >= 0.6 is 11.8 Å². The summed E-state index contributed by atoms with van der Waals surface area (Å²) in [5, 5.41) is 2.81. The maximum Gasteiger partial charge on any atom is 0.312 e. The molecule has 1 heterocycles. The van der Waals surface area contributed by atoms with Crippen molar-refractivity contribution < 1.29 is 4.79 Å². The number of nitrogens with one attached hydrogen (secondary N) is 1. The van der Waals surface area contributed by atoms with E-state index in [-0.39, 0.29) is 6.04 Å². The average molecular weight is 307 g/mol. The number of likely N-dealkylation sites (tertiary alicyclic amines) is 1. The van der Waals surface area contributed by atoms with Gasteiger partial charge in [-0.2, -0.15) is 0 Å². The predicted octanol–water partition coefficient (Wildman–Crippen LogP) is 2.69. The Balaban J connectivity index is 1.65. The smallest absolute Gasteiger partial charge is 0.312 e. The molecule has 3 N–H and O–H groups in total. The number of thioether (sulfide) groups is 1. The van der Waals surface area contributed by atoms with E-state index >= 15 is 0 Å². The molecule has 116 valence electrons. The molecule has 0 radical (unpaired) electrons. The molecule has 0 spiro atoms. The van der Waals surface area contributed by atoms with E-state index in [1.165, 1.54) is 11.3 Å². The molecule has 21 heavy (non-hydrogen) atoms. The van der Waals surface area contributed by atoms with Crippen LogP contribution in [0.3, 0.4) is 0 Å². The summed E-state index contributed by atoms with van der Waals surface area (Å²) >= 11 is 1.92. The van der Waals surface area contributed by atoms with E-state index in [1.807, 2.05) is 11.8 Å². The summed E-state index contributed by atoms with van der Waals surface area (Å²) in [7, 11) is 0. The molecular weight excluding hydrogens is 282 g/mol. The van der Waals surface area contributed by atoms with Crippen molar-refractivity contribution >= 4 is 17.8 Å². The Labute approximate surface area is 131 Å². The molecule has 1 saturated heterocycles. The van der Waals surface area contributed by atoms with Gasteiger partial charge in [-0.05, 0) is 44.1 Å². The average Bonchev–Trinajstić information content (AvgIpc) is 2.48. The van der Waals surface area contributed by atoms with E-state index in [0.717, 1.165) is 31.7 Å². The molecule has 0 unspecified atom stereocenters. The summed E-state index contributed by atoms with van der Waals surface area (Å²) in [5.41, 5.74) is 5.17. The number of carbonyl (C=O) groups is 1. The highest BCUT2D eigenvalue weighted by Gasteiger charge is 2.22. The summed E-state index contributed by atoms with van der Waals surface area (Å²) < 4.78 is 0. The highest BCUT2D eigenvalue weighted by molar-refractivity contribution is 7.99. The monoisotopic (exact) mass is 307 g/mol. The number of hydrogen-bond donors (Lipinski definition) is 2. The molecular formula is C16H25N3OS. The first-order valence-corrected chi connectivity index (χ1v) is 8.61. The number of urea groups is 1. The van der Waals surface area contributed by atoms with Gasteiger partial charge in [0.25, 0.3) is 0 Å². The van der Waals surface area contributed by atoms with E-state index in [2.05, 4.69) is 47.5 Å². The Hall–Kier alpha value is -1.20. The Morgan fingerprint density at radius 2 is 2.05 bits per heavy atom. The van der Waals surface area contributed by atoms with Crippen molar-refractivity contribution in [1.29, 1.82) is 0 Å². The van der Waals surface area contributed by atoms with Gasteiger partial charge in [0.1, 0.15) is 0 Å². The number of benzene rings is 1. The minimum atomic E-state index is -0.402. The second kappa shape index (κ2) is 8.29. The van der Waals surface area contributed by atoms with Gasteiger partial charge in [0, 0.05) is 30.1 Å². The fraction of sp³-hybridized carbons (Fsp3) is 0.562. The van der Waals surface area contributed by atoms with Crippen molar-refractivity contribution in [1.82, 2.24) is 10.2 Å². The van der Waals surface area contributed by atoms with Gasteiger partial charge in [0.15, 0.2) is 0 Å². The molecule has 5 heteroatoms. The van der Waals surface area contributed by atoms with Gasteiger partial charge in [-0.3, -0.25) is 0 Å². The maximum absolute atomic E-state index is 10.9. The molecule has 2 amide bonds. The van der Waals surface area contributed by atoms with E-state index < -0.39 is 6.03 Å². The van der Waals surface area contributed by atoms with Crippen LogP contribution in [0.4, 0.5) is 4.79 Å². The minimum absolute atomic E-state index is 0.254. The highest BCUT2D eigenvalue weighted by atomic mass is 32.2. The van der Waals surface area contributed by atoms with Crippen LogP contribution in [0.15, 0.2) is 35.2 Å². The van der Waals surface area contributed by atoms with E-state index in [0.29, 0.717) is 6.04 Å². The second-order valence-corrected chi connectivity index (χ2v) is 6.79.